The molecule has 3 aromatic rings. The van der Waals surface area contributed by atoms with Crippen molar-refractivity contribution in [2.45, 2.75) is 32.7 Å². The van der Waals surface area contributed by atoms with Crippen molar-refractivity contribution < 1.29 is 9.21 Å². The van der Waals surface area contributed by atoms with Gasteiger partial charge in [0.25, 0.3) is 0 Å². The van der Waals surface area contributed by atoms with E-state index in [1.165, 1.54) is 0 Å². The number of nitrogens with zero attached hydrogens (tertiary/aromatic N) is 4. The molecule has 1 N–H and O–H groups in total. The fraction of sp³-hybridized carbons (Fsp3) is 0.353. The first-order chi connectivity index (χ1) is 11.5. The number of aromatic nitrogens is 4. The molecule has 0 saturated heterocycles. The minimum Gasteiger partial charge on any atom is -0.467 e. The molecule has 24 heavy (non-hydrogen) atoms. The number of aryl methyl sites for hydroxylation is 2. The first-order valence-electron chi connectivity index (χ1n) is 7.92. The average molecular weight is 325 g/mol. The Labute approximate surface area is 139 Å². The maximum atomic E-state index is 12.3. The van der Waals surface area contributed by atoms with Crippen molar-refractivity contribution in [3.8, 4) is 0 Å². The first-order valence-corrected chi connectivity index (χ1v) is 7.92. The summed E-state index contributed by atoms with van der Waals surface area (Å²) in [4.78, 5) is 12.3. The number of nitrogens with one attached hydrogen (secondary N) is 1. The van der Waals surface area contributed by atoms with Crippen LogP contribution in [0, 0.1) is 13.8 Å². The summed E-state index contributed by atoms with van der Waals surface area (Å²) in [5.41, 5.74) is 4.18. The van der Waals surface area contributed by atoms with Gasteiger partial charge in [-0.2, -0.15) is 10.2 Å². The highest BCUT2D eigenvalue weighted by molar-refractivity contribution is 5.94. The smallest absolute Gasteiger partial charge is 0.226 e. The van der Waals surface area contributed by atoms with Gasteiger partial charge in [-0.05, 0) is 26.0 Å². The highest BCUT2D eigenvalue weighted by atomic mass is 16.3. The van der Waals surface area contributed by atoms with Crippen LogP contribution in [-0.4, -0.2) is 25.5 Å². The van der Waals surface area contributed by atoms with Crippen LogP contribution in [-0.2, 0) is 18.4 Å². The lowest BCUT2D eigenvalue weighted by Gasteiger charge is -2.24. The highest BCUT2D eigenvalue weighted by Crippen LogP contribution is 2.39. The van der Waals surface area contributed by atoms with Crippen LogP contribution in [0.2, 0.25) is 0 Å². The van der Waals surface area contributed by atoms with Gasteiger partial charge in [0.15, 0.2) is 0 Å². The number of carbonyl (C=O) groups is 1. The normalized spacial score (nSPS) is 17.0. The maximum absolute atomic E-state index is 12.3. The lowest BCUT2D eigenvalue weighted by atomic mass is 9.86. The molecule has 3 aromatic heterocycles. The van der Waals surface area contributed by atoms with Crippen molar-refractivity contribution in [1.82, 2.24) is 19.6 Å². The van der Waals surface area contributed by atoms with E-state index >= 15 is 0 Å². The summed E-state index contributed by atoms with van der Waals surface area (Å²) in [5.74, 6) is 1.52. The van der Waals surface area contributed by atoms with Gasteiger partial charge in [0.2, 0.25) is 5.91 Å². The molecule has 0 bridgehead atoms. The van der Waals surface area contributed by atoms with Gasteiger partial charge >= 0.3 is 0 Å². The van der Waals surface area contributed by atoms with Crippen LogP contribution in [0.25, 0.3) is 0 Å². The zero-order chi connectivity index (χ0) is 16.8. The van der Waals surface area contributed by atoms with Gasteiger partial charge < -0.3 is 9.73 Å². The molecule has 1 aliphatic heterocycles. The van der Waals surface area contributed by atoms with Gasteiger partial charge in [-0.25, -0.2) is 4.68 Å². The predicted octanol–water partition coefficient (Wildman–Crippen LogP) is 2.35. The van der Waals surface area contributed by atoms with Crippen molar-refractivity contribution in [2.24, 2.45) is 7.05 Å². The van der Waals surface area contributed by atoms with E-state index in [4.69, 9.17) is 4.42 Å². The molecule has 1 unspecified atom stereocenters. The third-order valence-corrected chi connectivity index (χ3v) is 4.69. The Hall–Kier alpha value is -2.83. The number of anilines is 1. The molecular formula is C17H19N5O2. The molecule has 1 atom stereocenters. The number of amides is 1. The Morgan fingerprint density at radius 3 is 2.92 bits per heavy atom. The van der Waals surface area contributed by atoms with E-state index in [1.54, 1.807) is 10.9 Å². The molecule has 0 radical (unpaired) electrons. The molecule has 0 aromatic carbocycles. The molecule has 0 saturated carbocycles. The Kier molecular flexibility index (Phi) is 3.30. The van der Waals surface area contributed by atoms with Gasteiger partial charge in [-0.1, -0.05) is 0 Å². The molecule has 0 spiro atoms. The van der Waals surface area contributed by atoms with E-state index < -0.39 is 0 Å². The van der Waals surface area contributed by atoms with Gasteiger partial charge in [0.05, 0.1) is 18.2 Å². The molecule has 1 amide bonds. The van der Waals surface area contributed by atoms with Crippen LogP contribution in [0.1, 0.15) is 40.6 Å². The van der Waals surface area contributed by atoms with Crippen LogP contribution in [0.15, 0.2) is 29.0 Å². The number of rotatable bonds is 3. The fourth-order valence-electron chi connectivity index (χ4n) is 3.49. The van der Waals surface area contributed by atoms with Crippen molar-refractivity contribution in [1.29, 1.82) is 0 Å². The lowest BCUT2D eigenvalue weighted by molar-refractivity contribution is -0.116. The molecule has 0 fully saturated rings. The summed E-state index contributed by atoms with van der Waals surface area (Å²) in [6.07, 6.45) is 3.89. The number of hydrogen-bond acceptors (Lipinski definition) is 4. The van der Waals surface area contributed by atoms with E-state index in [9.17, 15) is 4.79 Å². The highest BCUT2D eigenvalue weighted by Gasteiger charge is 2.33. The lowest BCUT2D eigenvalue weighted by Crippen LogP contribution is -2.25. The quantitative estimate of drug-likeness (QED) is 0.802. The second-order valence-electron chi connectivity index (χ2n) is 6.20. The van der Waals surface area contributed by atoms with E-state index in [2.05, 4.69) is 15.5 Å². The van der Waals surface area contributed by atoms with Gasteiger partial charge in [0.1, 0.15) is 18.1 Å². The molecule has 124 valence electrons. The van der Waals surface area contributed by atoms with E-state index in [-0.39, 0.29) is 11.8 Å². The summed E-state index contributed by atoms with van der Waals surface area (Å²) in [5, 5.41) is 11.9. The van der Waals surface area contributed by atoms with Crippen LogP contribution >= 0.6 is 0 Å². The minimum absolute atomic E-state index is 0.00338. The van der Waals surface area contributed by atoms with Crippen LogP contribution in [0.4, 0.5) is 5.82 Å². The molecule has 7 nitrogen and oxygen atoms in total. The van der Waals surface area contributed by atoms with Gasteiger partial charge in [-0.3, -0.25) is 9.48 Å². The summed E-state index contributed by atoms with van der Waals surface area (Å²) < 4.78 is 9.03. The Morgan fingerprint density at radius 2 is 2.25 bits per heavy atom. The number of furan rings is 1. The molecule has 7 heteroatoms. The summed E-state index contributed by atoms with van der Waals surface area (Å²) in [6, 6.07) is 3.74. The van der Waals surface area contributed by atoms with E-state index in [0.29, 0.717) is 13.0 Å². The zero-order valence-electron chi connectivity index (χ0n) is 13.9. The standard InChI is InChI=1S/C17H19N5O2/c1-10-16(11(2)21(3)20-10)13-7-15(23)19-17-14(13)8-18-22(17)9-12-5-4-6-24-12/h4-6,8,13H,7,9H2,1-3H3,(H,19,23). The maximum Gasteiger partial charge on any atom is 0.226 e. The monoisotopic (exact) mass is 325 g/mol. The predicted molar refractivity (Wildman–Crippen MR) is 87.8 cm³/mol. The van der Waals surface area contributed by atoms with E-state index in [1.807, 2.05) is 43.9 Å². The number of fused-ring (bicyclic) bond motifs is 1. The fourth-order valence-corrected chi connectivity index (χ4v) is 3.49. The zero-order valence-corrected chi connectivity index (χ0v) is 13.9. The number of hydrogen-bond donors (Lipinski definition) is 1. The summed E-state index contributed by atoms with van der Waals surface area (Å²) >= 11 is 0. The molecule has 4 heterocycles. The van der Waals surface area contributed by atoms with Gasteiger partial charge in [0, 0.05) is 36.2 Å². The van der Waals surface area contributed by atoms with Crippen molar-refractivity contribution in [3.63, 3.8) is 0 Å². The Bertz CT molecular complexity index is 904. The van der Waals surface area contributed by atoms with Crippen LogP contribution < -0.4 is 5.32 Å². The van der Waals surface area contributed by atoms with Gasteiger partial charge in [-0.15, -0.1) is 0 Å². The summed E-state index contributed by atoms with van der Waals surface area (Å²) in [6.45, 7) is 4.51. The molecule has 0 aliphatic carbocycles. The largest absolute Gasteiger partial charge is 0.467 e. The topological polar surface area (TPSA) is 77.9 Å². The SMILES string of the molecule is Cc1nn(C)c(C)c1C1CC(=O)Nc2c1cnn2Cc1ccco1. The second-order valence-corrected chi connectivity index (χ2v) is 6.20. The first kappa shape index (κ1) is 14.7. The molecular weight excluding hydrogens is 306 g/mol. The Balaban J connectivity index is 1.78. The third-order valence-electron chi connectivity index (χ3n) is 4.69. The minimum atomic E-state index is -0.0206. The van der Waals surface area contributed by atoms with Crippen LogP contribution in [0.3, 0.4) is 0 Å². The van der Waals surface area contributed by atoms with E-state index in [0.717, 1.165) is 34.1 Å². The second kappa shape index (κ2) is 5.36. The molecule has 4 rings (SSSR count). The number of carbonyl (C=O) groups excluding carboxylic acids is 1. The van der Waals surface area contributed by atoms with Crippen molar-refractivity contribution >= 4 is 11.7 Å². The Morgan fingerprint density at radius 1 is 1.42 bits per heavy atom. The van der Waals surface area contributed by atoms with Crippen molar-refractivity contribution in [2.75, 3.05) is 5.32 Å². The van der Waals surface area contributed by atoms with Crippen molar-refractivity contribution in [3.05, 3.63) is 52.9 Å². The summed E-state index contributed by atoms with van der Waals surface area (Å²) in [7, 11) is 1.93. The third kappa shape index (κ3) is 2.24. The molecule has 1 aliphatic rings. The average Bonchev–Trinajstić information content (AvgIpc) is 3.23. The van der Waals surface area contributed by atoms with Crippen LogP contribution in [0.5, 0.6) is 0 Å².